The van der Waals surface area contributed by atoms with E-state index in [4.69, 9.17) is 5.26 Å². The summed E-state index contributed by atoms with van der Waals surface area (Å²) in [5.41, 5.74) is 1.08. The van der Waals surface area contributed by atoms with Gasteiger partial charge in [-0.05, 0) is 35.5 Å². The molecular weight excluding hydrogens is 259 g/mol. The fraction of sp³-hybridized carbons (Fsp3) is 0. The molecule has 0 atom stereocenters. The van der Waals surface area contributed by atoms with Crippen LogP contribution in [0.15, 0.2) is 42.6 Å². The van der Waals surface area contributed by atoms with E-state index in [0.717, 1.165) is 0 Å². The maximum atomic E-state index is 13.6. The van der Waals surface area contributed by atoms with E-state index in [1.165, 1.54) is 23.1 Å². The Balaban J connectivity index is 2.02. The lowest BCUT2D eigenvalue weighted by molar-refractivity contribution is 0.624. The van der Waals surface area contributed by atoms with Gasteiger partial charge in [0.05, 0.1) is 17.3 Å². The fourth-order valence-corrected chi connectivity index (χ4v) is 1.67. The zero-order valence-corrected chi connectivity index (χ0v) is 10.1. The number of pyridine rings is 1. The average molecular weight is 266 g/mol. The number of hydrogen-bond donors (Lipinski definition) is 0. The third-order valence-electron chi connectivity index (χ3n) is 2.59. The lowest BCUT2D eigenvalue weighted by atomic mass is 10.2. The SMILES string of the molecule is N#Cc1cccc(-n2nnc(-c3ncccc3F)n2)c1. The van der Waals surface area contributed by atoms with Crippen molar-refractivity contribution in [2.45, 2.75) is 0 Å². The van der Waals surface area contributed by atoms with Gasteiger partial charge in [0.25, 0.3) is 0 Å². The first kappa shape index (κ1) is 11.9. The first-order valence-electron chi connectivity index (χ1n) is 5.69. The van der Waals surface area contributed by atoms with Crippen molar-refractivity contribution in [2.24, 2.45) is 0 Å². The Morgan fingerprint density at radius 2 is 2.10 bits per heavy atom. The van der Waals surface area contributed by atoms with Crippen molar-refractivity contribution in [1.82, 2.24) is 25.2 Å². The van der Waals surface area contributed by atoms with E-state index in [9.17, 15) is 4.39 Å². The predicted octanol–water partition coefficient (Wildman–Crippen LogP) is 1.74. The second-order valence-electron chi connectivity index (χ2n) is 3.90. The van der Waals surface area contributed by atoms with Crippen LogP contribution in [0.3, 0.4) is 0 Å². The third-order valence-corrected chi connectivity index (χ3v) is 2.59. The number of rotatable bonds is 2. The lowest BCUT2D eigenvalue weighted by Gasteiger charge is -1.98. The predicted molar refractivity (Wildman–Crippen MR) is 67.1 cm³/mol. The van der Waals surface area contributed by atoms with Gasteiger partial charge in [0, 0.05) is 6.20 Å². The summed E-state index contributed by atoms with van der Waals surface area (Å²) in [4.78, 5) is 5.11. The second-order valence-corrected chi connectivity index (χ2v) is 3.90. The first-order chi connectivity index (χ1) is 9.78. The molecule has 0 saturated carbocycles. The highest BCUT2D eigenvalue weighted by molar-refractivity contribution is 5.48. The van der Waals surface area contributed by atoms with Gasteiger partial charge in [0.1, 0.15) is 5.69 Å². The van der Waals surface area contributed by atoms with Gasteiger partial charge >= 0.3 is 0 Å². The number of tetrazole rings is 1. The van der Waals surface area contributed by atoms with Crippen molar-refractivity contribution in [2.75, 3.05) is 0 Å². The molecule has 1 aromatic carbocycles. The molecule has 0 saturated heterocycles. The molecular formula is C13H7FN6. The van der Waals surface area contributed by atoms with Gasteiger partial charge < -0.3 is 0 Å². The topological polar surface area (TPSA) is 80.3 Å². The van der Waals surface area contributed by atoms with Crippen LogP contribution in [-0.4, -0.2) is 25.2 Å². The number of aromatic nitrogens is 5. The Morgan fingerprint density at radius 3 is 2.90 bits per heavy atom. The summed E-state index contributed by atoms with van der Waals surface area (Å²) in [5, 5.41) is 20.5. The Morgan fingerprint density at radius 1 is 1.20 bits per heavy atom. The molecule has 3 rings (SSSR count). The van der Waals surface area contributed by atoms with Crippen molar-refractivity contribution in [3.05, 3.63) is 54.0 Å². The van der Waals surface area contributed by atoms with Gasteiger partial charge in [-0.15, -0.1) is 15.0 Å². The number of benzene rings is 1. The number of hydrogen-bond acceptors (Lipinski definition) is 5. The fourth-order valence-electron chi connectivity index (χ4n) is 1.67. The molecule has 3 aromatic rings. The van der Waals surface area contributed by atoms with Crippen LogP contribution in [-0.2, 0) is 0 Å². The van der Waals surface area contributed by atoms with Crippen molar-refractivity contribution in [3.63, 3.8) is 0 Å². The standard InChI is InChI=1S/C13H7FN6/c14-11-5-2-6-16-12(11)13-17-19-20(18-13)10-4-1-3-9(7-10)8-15/h1-7H. The van der Waals surface area contributed by atoms with E-state index in [1.54, 1.807) is 24.3 Å². The van der Waals surface area contributed by atoms with Gasteiger partial charge in [0.15, 0.2) is 5.82 Å². The molecule has 0 aliphatic heterocycles. The van der Waals surface area contributed by atoms with E-state index in [-0.39, 0.29) is 11.5 Å². The van der Waals surface area contributed by atoms with Crippen LogP contribution in [0, 0.1) is 17.1 Å². The molecule has 2 aromatic heterocycles. The van der Waals surface area contributed by atoms with Crippen LogP contribution < -0.4 is 0 Å². The molecule has 2 heterocycles. The van der Waals surface area contributed by atoms with Gasteiger partial charge in [-0.1, -0.05) is 6.07 Å². The van der Waals surface area contributed by atoms with E-state index in [2.05, 4.69) is 20.4 Å². The van der Waals surface area contributed by atoms with Crippen LogP contribution in [0.25, 0.3) is 17.2 Å². The lowest BCUT2D eigenvalue weighted by Crippen LogP contribution is -1.99. The molecule has 0 radical (unpaired) electrons. The normalized spacial score (nSPS) is 10.2. The zero-order chi connectivity index (χ0) is 13.9. The molecule has 0 aliphatic rings. The van der Waals surface area contributed by atoms with Crippen LogP contribution in [0.2, 0.25) is 0 Å². The Bertz CT molecular complexity index is 804. The smallest absolute Gasteiger partial charge is 0.226 e. The maximum Gasteiger partial charge on any atom is 0.226 e. The van der Waals surface area contributed by atoms with E-state index in [1.807, 2.05) is 6.07 Å². The number of halogens is 1. The summed E-state index contributed by atoms with van der Waals surface area (Å²) < 4.78 is 13.6. The summed E-state index contributed by atoms with van der Waals surface area (Å²) in [7, 11) is 0. The quantitative estimate of drug-likeness (QED) is 0.705. The molecule has 0 bridgehead atoms. The molecule has 0 aliphatic carbocycles. The molecule has 96 valence electrons. The third kappa shape index (κ3) is 2.10. The summed E-state index contributed by atoms with van der Waals surface area (Å²) in [6.45, 7) is 0. The summed E-state index contributed by atoms with van der Waals surface area (Å²) in [6.07, 6.45) is 1.45. The van der Waals surface area contributed by atoms with E-state index < -0.39 is 5.82 Å². The van der Waals surface area contributed by atoms with Gasteiger partial charge in [-0.25, -0.2) is 9.37 Å². The van der Waals surface area contributed by atoms with Gasteiger partial charge in [0.2, 0.25) is 5.82 Å². The Kier molecular flexibility index (Phi) is 2.89. The van der Waals surface area contributed by atoms with Crippen molar-refractivity contribution < 1.29 is 4.39 Å². The molecule has 7 heteroatoms. The summed E-state index contributed by atoms with van der Waals surface area (Å²) in [6, 6.07) is 11.5. The molecule has 0 fully saturated rings. The summed E-state index contributed by atoms with van der Waals surface area (Å²) >= 11 is 0. The van der Waals surface area contributed by atoms with E-state index in [0.29, 0.717) is 11.3 Å². The molecule has 0 spiro atoms. The molecule has 6 nitrogen and oxygen atoms in total. The van der Waals surface area contributed by atoms with Crippen molar-refractivity contribution in [1.29, 1.82) is 5.26 Å². The minimum Gasteiger partial charge on any atom is -0.250 e. The molecule has 0 N–H and O–H groups in total. The van der Waals surface area contributed by atoms with Crippen LogP contribution >= 0.6 is 0 Å². The highest BCUT2D eigenvalue weighted by Gasteiger charge is 2.12. The number of nitriles is 1. The second kappa shape index (κ2) is 4.85. The highest BCUT2D eigenvalue weighted by Crippen LogP contribution is 2.15. The average Bonchev–Trinajstić information content (AvgIpc) is 2.97. The van der Waals surface area contributed by atoms with Gasteiger partial charge in [-0.3, -0.25) is 0 Å². The Labute approximate surface area is 113 Å². The molecule has 20 heavy (non-hydrogen) atoms. The minimum absolute atomic E-state index is 0.0372. The van der Waals surface area contributed by atoms with Gasteiger partial charge in [-0.2, -0.15) is 5.26 Å². The number of nitrogens with zero attached hydrogens (tertiary/aromatic N) is 6. The first-order valence-corrected chi connectivity index (χ1v) is 5.69. The maximum absolute atomic E-state index is 13.6. The summed E-state index contributed by atoms with van der Waals surface area (Å²) in [5.74, 6) is -0.428. The minimum atomic E-state index is -0.516. The molecule has 0 amide bonds. The molecule has 0 unspecified atom stereocenters. The van der Waals surface area contributed by atoms with Crippen molar-refractivity contribution >= 4 is 0 Å². The Hall–Kier alpha value is -3.14. The van der Waals surface area contributed by atoms with Crippen molar-refractivity contribution in [3.8, 4) is 23.3 Å². The van der Waals surface area contributed by atoms with E-state index >= 15 is 0 Å². The zero-order valence-electron chi connectivity index (χ0n) is 10.1. The highest BCUT2D eigenvalue weighted by atomic mass is 19.1. The van der Waals surface area contributed by atoms with Crippen LogP contribution in [0.1, 0.15) is 5.56 Å². The monoisotopic (exact) mass is 266 g/mol. The van der Waals surface area contributed by atoms with Crippen LogP contribution in [0.5, 0.6) is 0 Å². The largest absolute Gasteiger partial charge is 0.250 e. The van der Waals surface area contributed by atoms with Crippen LogP contribution in [0.4, 0.5) is 4.39 Å².